The Balaban J connectivity index is 0.000000129. The number of pyridine rings is 1. The maximum atomic E-state index is 4.18. The SMILES string of the molecule is Cc1ccccc1.c1ccc2ncccc2c1.c1ccsc1. The van der Waals surface area contributed by atoms with Crippen LogP contribution in [0.3, 0.4) is 0 Å². The van der Waals surface area contributed by atoms with Crippen LogP contribution in [0.25, 0.3) is 10.9 Å². The normalized spacial score (nSPS) is 9.14. The molecule has 4 rings (SSSR count). The Morgan fingerprint density at radius 3 is 1.86 bits per heavy atom. The highest BCUT2D eigenvalue weighted by Crippen LogP contribution is 2.07. The highest BCUT2D eigenvalue weighted by atomic mass is 32.1. The molecule has 0 spiro atoms. The van der Waals surface area contributed by atoms with Crippen LogP contribution in [-0.4, -0.2) is 4.98 Å². The van der Waals surface area contributed by atoms with Crippen molar-refractivity contribution in [3.63, 3.8) is 0 Å². The molecule has 0 aliphatic heterocycles. The summed E-state index contributed by atoms with van der Waals surface area (Å²) < 4.78 is 0. The van der Waals surface area contributed by atoms with Crippen LogP contribution < -0.4 is 0 Å². The third-order valence-corrected chi connectivity index (χ3v) is 3.51. The molecule has 0 amide bonds. The lowest BCUT2D eigenvalue weighted by atomic mass is 10.2. The smallest absolute Gasteiger partial charge is 0.0701 e. The predicted molar refractivity (Wildman–Crippen MR) is 97.2 cm³/mol. The van der Waals surface area contributed by atoms with Crippen molar-refractivity contribution in [2.75, 3.05) is 0 Å². The Morgan fingerprint density at radius 1 is 0.682 bits per heavy atom. The summed E-state index contributed by atoms with van der Waals surface area (Å²) >= 11 is 1.71. The van der Waals surface area contributed by atoms with Crippen LogP contribution in [0.15, 0.2) is 95.8 Å². The number of hydrogen-bond donors (Lipinski definition) is 0. The van der Waals surface area contributed by atoms with Crippen LogP contribution in [0.4, 0.5) is 0 Å². The molecule has 0 radical (unpaired) electrons. The molecular weight excluding hydrogens is 286 g/mol. The van der Waals surface area contributed by atoms with E-state index >= 15 is 0 Å². The van der Waals surface area contributed by atoms with Crippen molar-refractivity contribution >= 4 is 22.2 Å². The van der Waals surface area contributed by atoms with E-state index in [1.165, 1.54) is 10.9 Å². The van der Waals surface area contributed by atoms with Crippen LogP contribution in [0, 0.1) is 6.92 Å². The molecule has 0 saturated carbocycles. The highest BCUT2D eigenvalue weighted by molar-refractivity contribution is 7.07. The number of para-hydroxylation sites is 1. The molecule has 1 nitrogen and oxygen atoms in total. The van der Waals surface area contributed by atoms with E-state index in [0.29, 0.717) is 0 Å². The number of fused-ring (bicyclic) bond motifs is 1. The quantitative estimate of drug-likeness (QED) is 0.389. The second-order valence-corrected chi connectivity index (χ2v) is 5.46. The lowest BCUT2D eigenvalue weighted by Crippen LogP contribution is -1.73. The van der Waals surface area contributed by atoms with Crippen LogP contribution >= 0.6 is 11.3 Å². The molecule has 4 aromatic rings. The molecule has 0 bridgehead atoms. The van der Waals surface area contributed by atoms with Crippen molar-refractivity contribution in [1.82, 2.24) is 4.98 Å². The lowest BCUT2D eigenvalue weighted by molar-refractivity contribution is 1.41. The highest BCUT2D eigenvalue weighted by Gasteiger charge is 1.86. The van der Waals surface area contributed by atoms with E-state index in [1.54, 1.807) is 11.3 Å². The van der Waals surface area contributed by atoms with Gasteiger partial charge in [0.15, 0.2) is 0 Å². The number of hydrogen-bond acceptors (Lipinski definition) is 2. The number of nitrogens with zero attached hydrogens (tertiary/aromatic N) is 1. The third kappa shape index (κ3) is 5.90. The first-order valence-electron chi connectivity index (χ1n) is 7.15. The van der Waals surface area contributed by atoms with Gasteiger partial charge in [-0.1, -0.05) is 72.3 Å². The Bertz CT molecular complexity index is 666. The van der Waals surface area contributed by atoms with Gasteiger partial charge in [0.1, 0.15) is 0 Å². The molecule has 110 valence electrons. The van der Waals surface area contributed by atoms with Gasteiger partial charge in [0.25, 0.3) is 0 Å². The summed E-state index contributed by atoms with van der Waals surface area (Å²) in [6, 6.07) is 26.4. The Hall–Kier alpha value is -2.45. The summed E-state index contributed by atoms with van der Waals surface area (Å²) in [7, 11) is 0. The number of aryl methyl sites for hydroxylation is 1. The maximum Gasteiger partial charge on any atom is 0.0701 e. The Morgan fingerprint density at radius 2 is 1.32 bits per heavy atom. The topological polar surface area (TPSA) is 12.9 Å². The maximum absolute atomic E-state index is 4.18. The van der Waals surface area contributed by atoms with Crippen molar-refractivity contribution in [3.05, 3.63) is 101 Å². The minimum atomic E-state index is 1.06. The molecule has 0 aliphatic rings. The van der Waals surface area contributed by atoms with E-state index in [4.69, 9.17) is 0 Å². The summed E-state index contributed by atoms with van der Waals surface area (Å²) in [6.45, 7) is 2.08. The summed E-state index contributed by atoms with van der Waals surface area (Å²) in [4.78, 5) is 4.18. The van der Waals surface area contributed by atoms with Crippen molar-refractivity contribution in [2.24, 2.45) is 0 Å². The molecule has 2 aromatic heterocycles. The number of benzene rings is 2. The zero-order chi connectivity index (χ0) is 15.5. The standard InChI is InChI=1S/C9H7N.C7H8.C4H4S/c1-2-6-9-8(4-1)5-3-7-10-9;1-7-5-3-2-4-6-7;1-2-4-5-3-1/h1-7H;2-6H,1H3;1-4H. The molecule has 22 heavy (non-hydrogen) atoms. The molecular formula is C20H19NS. The van der Waals surface area contributed by atoms with Crippen molar-refractivity contribution in [1.29, 1.82) is 0 Å². The Kier molecular flexibility index (Phi) is 6.86. The lowest BCUT2D eigenvalue weighted by Gasteiger charge is -1.91. The Labute approximate surface area is 135 Å². The van der Waals surface area contributed by atoms with Gasteiger partial charge >= 0.3 is 0 Å². The molecule has 0 unspecified atom stereocenters. The molecule has 0 N–H and O–H groups in total. The van der Waals surface area contributed by atoms with E-state index < -0.39 is 0 Å². The van der Waals surface area contributed by atoms with Crippen molar-refractivity contribution < 1.29 is 0 Å². The molecule has 2 heteroatoms. The third-order valence-electron chi connectivity index (χ3n) is 2.88. The van der Waals surface area contributed by atoms with Gasteiger partial charge in [0.2, 0.25) is 0 Å². The summed E-state index contributed by atoms with van der Waals surface area (Å²) in [5.41, 5.74) is 2.38. The first-order chi connectivity index (χ1) is 10.9. The summed E-state index contributed by atoms with van der Waals surface area (Å²) in [5, 5.41) is 5.28. The second-order valence-electron chi connectivity index (χ2n) is 4.64. The minimum Gasteiger partial charge on any atom is -0.256 e. The first kappa shape index (κ1) is 15.9. The average molecular weight is 305 g/mol. The van der Waals surface area contributed by atoms with Crippen molar-refractivity contribution in [2.45, 2.75) is 6.92 Å². The van der Waals surface area contributed by atoms with Gasteiger partial charge in [0, 0.05) is 11.6 Å². The fourth-order valence-corrected chi connectivity index (χ4v) is 2.23. The fourth-order valence-electron chi connectivity index (χ4n) is 1.78. The number of aromatic nitrogens is 1. The van der Waals surface area contributed by atoms with Gasteiger partial charge in [0.05, 0.1) is 5.52 Å². The second kappa shape index (κ2) is 9.48. The monoisotopic (exact) mass is 305 g/mol. The van der Waals surface area contributed by atoms with Gasteiger partial charge in [-0.15, -0.1) is 0 Å². The zero-order valence-electron chi connectivity index (χ0n) is 12.6. The van der Waals surface area contributed by atoms with Crippen LogP contribution in [-0.2, 0) is 0 Å². The number of thiophene rings is 1. The average Bonchev–Trinajstić information content (AvgIpc) is 3.16. The molecule has 0 atom stereocenters. The summed E-state index contributed by atoms with van der Waals surface area (Å²) in [5.74, 6) is 0. The van der Waals surface area contributed by atoms with E-state index in [-0.39, 0.29) is 0 Å². The van der Waals surface area contributed by atoms with Gasteiger partial charge in [-0.05, 0) is 29.8 Å². The van der Waals surface area contributed by atoms with Crippen molar-refractivity contribution in [3.8, 4) is 0 Å². The summed E-state index contributed by atoms with van der Waals surface area (Å²) in [6.07, 6.45) is 1.81. The molecule has 0 fully saturated rings. The van der Waals surface area contributed by atoms with Crippen LogP contribution in [0.2, 0.25) is 0 Å². The molecule has 0 saturated heterocycles. The van der Waals surface area contributed by atoms with Gasteiger partial charge < -0.3 is 0 Å². The number of rotatable bonds is 0. The van der Waals surface area contributed by atoms with E-state index in [1.807, 2.05) is 71.6 Å². The van der Waals surface area contributed by atoms with Gasteiger partial charge in [-0.2, -0.15) is 11.3 Å². The minimum absolute atomic E-state index is 1.06. The van der Waals surface area contributed by atoms with Crippen LogP contribution in [0.5, 0.6) is 0 Å². The first-order valence-corrected chi connectivity index (χ1v) is 8.09. The van der Waals surface area contributed by atoms with E-state index in [9.17, 15) is 0 Å². The molecule has 0 aliphatic carbocycles. The fraction of sp³-hybridized carbons (Fsp3) is 0.0500. The molecule has 2 heterocycles. The van der Waals surface area contributed by atoms with E-state index in [2.05, 4.69) is 36.2 Å². The molecule has 2 aromatic carbocycles. The predicted octanol–water partition coefficient (Wildman–Crippen LogP) is 5.98. The zero-order valence-corrected chi connectivity index (χ0v) is 13.4. The largest absolute Gasteiger partial charge is 0.256 e. The van der Waals surface area contributed by atoms with Gasteiger partial charge in [-0.25, -0.2) is 0 Å². The van der Waals surface area contributed by atoms with Gasteiger partial charge in [-0.3, -0.25) is 4.98 Å². The van der Waals surface area contributed by atoms with E-state index in [0.717, 1.165) is 5.52 Å². The van der Waals surface area contributed by atoms with Crippen LogP contribution in [0.1, 0.15) is 5.56 Å².